The number of nitrogens with two attached hydrogens (primary N) is 2. The summed E-state index contributed by atoms with van der Waals surface area (Å²) < 4.78 is 2.54. The molecule has 4 N–H and O–H groups in total. The molecule has 7 heteroatoms. The number of hydrogen-bond donors (Lipinski definition) is 2. The lowest BCUT2D eigenvalue weighted by Crippen LogP contribution is -2.31. The van der Waals surface area contributed by atoms with Gasteiger partial charge in [0.05, 0.1) is 6.33 Å². The zero-order valence-corrected chi connectivity index (χ0v) is 10.0. The van der Waals surface area contributed by atoms with Gasteiger partial charge >= 0.3 is 0 Å². The monoisotopic (exact) mass is 256 g/mol. The van der Waals surface area contributed by atoms with Crippen LogP contribution in [0.3, 0.4) is 0 Å². The lowest BCUT2D eigenvalue weighted by molar-refractivity contribution is 0.811. The molecule has 2 aromatic heterocycles. The molecule has 0 saturated heterocycles. The Morgan fingerprint density at radius 1 is 1.21 bits per heavy atom. The number of benzene rings is 1. The van der Waals surface area contributed by atoms with Gasteiger partial charge in [-0.25, -0.2) is 4.98 Å². The minimum atomic E-state index is -0.407. The molecule has 0 spiro atoms. The van der Waals surface area contributed by atoms with Crippen LogP contribution in [0, 0.1) is 0 Å². The fraction of sp³-hybridized carbons (Fsp3) is 0.0833. The van der Waals surface area contributed by atoms with Gasteiger partial charge in [-0.2, -0.15) is 9.66 Å². The highest BCUT2D eigenvalue weighted by Crippen LogP contribution is 2.10. The highest BCUT2D eigenvalue weighted by Gasteiger charge is 2.12. The Morgan fingerprint density at radius 3 is 2.68 bits per heavy atom. The fourth-order valence-corrected chi connectivity index (χ4v) is 1.95. The molecule has 0 radical (unpaired) electrons. The quantitative estimate of drug-likeness (QED) is 0.625. The molecule has 0 fully saturated rings. The van der Waals surface area contributed by atoms with E-state index in [2.05, 4.69) is 9.97 Å². The fourth-order valence-electron chi connectivity index (χ4n) is 1.95. The summed E-state index contributed by atoms with van der Waals surface area (Å²) in [4.78, 5) is 20.1. The highest BCUT2D eigenvalue weighted by molar-refractivity contribution is 5.71. The van der Waals surface area contributed by atoms with Crippen molar-refractivity contribution in [3.05, 3.63) is 52.6 Å². The Bertz CT molecular complexity index is 789. The second-order valence-corrected chi connectivity index (χ2v) is 4.18. The number of imidazole rings is 1. The van der Waals surface area contributed by atoms with Crippen molar-refractivity contribution in [3.8, 4) is 0 Å². The first-order valence-corrected chi connectivity index (χ1v) is 5.69. The maximum absolute atomic E-state index is 12.1. The molecule has 96 valence electrons. The number of nitrogen functional groups attached to an aromatic ring is 2. The molecule has 1 aromatic carbocycles. The summed E-state index contributed by atoms with van der Waals surface area (Å²) >= 11 is 0. The van der Waals surface area contributed by atoms with Gasteiger partial charge in [0.15, 0.2) is 11.2 Å². The molecule has 0 bridgehead atoms. The van der Waals surface area contributed by atoms with Crippen LogP contribution in [-0.4, -0.2) is 19.2 Å². The van der Waals surface area contributed by atoms with Gasteiger partial charge in [-0.1, -0.05) is 30.3 Å². The van der Waals surface area contributed by atoms with Crippen LogP contribution in [0.2, 0.25) is 0 Å². The van der Waals surface area contributed by atoms with E-state index in [1.165, 1.54) is 0 Å². The van der Waals surface area contributed by atoms with Crippen LogP contribution in [0.1, 0.15) is 5.56 Å². The van der Waals surface area contributed by atoms with Crippen molar-refractivity contribution < 1.29 is 0 Å². The summed E-state index contributed by atoms with van der Waals surface area (Å²) in [6.07, 6.45) is 1.56. The molecule has 0 atom stereocenters. The zero-order valence-electron chi connectivity index (χ0n) is 10.0. The summed E-state index contributed by atoms with van der Waals surface area (Å²) in [6.45, 7) is 0.526. The maximum Gasteiger partial charge on any atom is 0.299 e. The minimum Gasteiger partial charge on any atom is -0.368 e. The van der Waals surface area contributed by atoms with Gasteiger partial charge in [-0.05, 0) is 5.56 Å². The SMILES string of the molecule is Nc1nc2ncn(Cc3ccccc3)c2c(=O)n1N. The van der Waals surface area contributed by atoms with Crippen molar-refractivity contribution in [2.45, 2.75) is 6.54 Å². The number of hydrogen-bond acceptors (Lipinski definition) is 5. The second kappa shape index (κ2) is 4.13. The summed E-state index contributed by atoms with van der Waals surface area (Å²) in [5.41, 5.74) is 6.83. The summed E-state index contributed by atoms with van der Waals surface area (Å²) in [5, 5.41) is 0. The van der Waals surface area contributed by atoms with E-state index in [-0.39, 0.29) is 5.95 Å². The van der Waals surface area contributed by atoms with E-state index in [0.29, 0.717) is 17.7 Å². The van der Waals surface area contributed by atoms with E-state index in [1.54, 1.807) is 10.9 Å². The van der Waals surface area contributed by atoms with Gasteiger partial charge in [0.25, 0.3) is 5.56 Å². The Morgan fingerprint density at radius 2 is 1.95 bits per heavy atom. The topological polar surface area (TPSA) is 105 Å². The van der Waals surface area contributed by atoms with Crippen LogP contribution in [0.5, 0.6) is 0 Å². The van der Waals surface area contributed by atoms with Gasteiger partial charge in [-0.15, -0.1) is 0 Å². The molecule has 0 aliphatic rings. The first-order valence-electron chi connectivity index (χ1n) is 5.69. The number of fused-ring (bicyclic) bond motifs is 1. The van der Waals surface area contributed by atoms with Crippen molar-refractivity contribution in [2.75, 3.05) is 11.6 Å². The van der Waals surface area contributed by atoms with Crippen molar-refractivity contribution in [1.82, 2.24) is 19.2 Å². The molecule has 0 aliphatic carbocycles. The average Bonchev–Trinajstić information content (AvgIpc) is 2.80. The zero-order chi connectivity index (χ0) is 13.4. The number of anilines is 1. The number of aromatic nitrogens is 4. The molecular formula is C12H12N6O. The number of rotatable bonds is 2. The Balaban J connectivity index is 2.16. The molecule has 3 rings (SSSR count). The van der Waals surface area contributed by atoms with Crippen LogP contribution < -0.4 is 17.1 Å². The first-order chi connectivity index (χ1) is 9.16. The molecule has 0 saturated carbocycles. The molecule has 0 amide bonds. The molecule has 2 heterocycles. The van der Waals surface area contributed by atoms with E-state index >= 15 is 0 Å². The molecule has 19 heavy (non-hydrogen) atoms. The minimum absolute atomic E-state index is 0.0533. The van der Waals surface area contributed by atoms with Crippen LogP contribution in [0.15, 0.2) is 41.5 Å². The van der Waals surface area contributed by atoms with Gasteiger partial charge in [0.2, 0.25) is 5.95 Å². The molecule has 3 aromatic rings. The average molecular weight is 256 g/mol. The van der Waals surface area contributed by atoms with Crippen LogP contribution in [0.4, 0.5) is 5.95 Å². The normalized spacial score (nSPS) is 10.9. The predicted octanol–water partition coefficient (Wildman–Crippen LogP) is -0.0627. The number of nitrogens with zero attached hydrogens (tertiary/aromatic N) is 4. The largest absolute Gasteiger partial charge is 0.368 e. The van der Waals surface area contributed by atoms with E-state index in [0.717, 1.165) is 10.2 Å². The Hall–Kier alpha value is -2.83. The van der Waals surface area contributed by atoms with Crippen molar-refractivity contribution >= 4 is 17.1 Å². The smallest absolute Gasteiger partial charge is 0.299 e. The second-order valence-electron chi connectivity index (χ2n) is 4.18. The third-order valence-electron chi connectivity index (χ3n) is 2.90. The van der Waals surface area contributed by atoms with E-state index in [1.807, 2.05) is 30.3 Å². The molecule has 0 unspecified atom stereocenters. The van der Waals surface area contributed by atoms with Crippen LogP contribution in [0.25, 0.3) is 11.2 Å². The summed E-state index contributed by atoms with van der Waals surface area (Å²) in [5.74, 6) is 5.49. The first kappa shape index (κ1) is 11.3. The third kappa shape index (κ3) is 1.81. The standard InChI is InChI=1S/C12H12N6O/c13-12-16-10-9(11(19)18(12)14)17(7-15-10)6-8-4-2-1-3-5-8/h1-5,7H,6,14H2,(H2,13,16). The summed E-state index contributed by atoms with van der Waals surface area (Å²) in [7, 11) is 0. The molecule has 0 aliphatic heterocycles. The van der Waals surface area contributed by atoms with Gasteiger partial charge < -0.3 is 16.1 Å². The molecule has 7 nitrogen and oxygen atoms in total. The Kier molecular flexibility index (Phi) is 2.45. The summed E-state index contributed by atoms with van der Waals surface area (Å²) in [6, 6.07) is 9.75. The van der Waals surface area contributed by atoms with Crippen LogP contribution >= 0.6 is 0 Å². The lowest BCUT2D eigenvalue weighted by Gasteiger charge is -2.05. The third-order valence-corrected chi connectivity index (χ3v) is 2.90. The van der Waals surface area contributed by atoms with E-state index in [9.17, 15) is 4.79 Å². The van der Waals surface area contributed by atoms with Gasteiger partial charge in [0.1, 0.15) is 0 Å². The lowest BCUT2D eigenvalue weighted by atomic mass is 10.2. The maximum atomic E-state index is 12.1. The van der Waals surface area contributed by atoms with Crippen molar-refractivity contribution in [1.29, 1.82) is 0 Å². The van der Waals surface area contributed by atoms with Crippen molar-refractivity contribution in [3.63, 3.8) is 0 Å². The molecular weight excluding hydrogens is 244 g/mol. The highest BCUT2D eigenvalue weighted by atomic mass is 16.1. The van der Waals surface area contributed by atoms with E-state index < -0.39 is 5.56 Å². The van der Waals surface area contributed by atoms with Crippen LogP contribution in [-0.2, 0) is 6.54 Å². The van der Waals surface area contributed by atoms with Gasteiger partial charge in [0, 0.05) is 6.54 Å². The van der Waals surface area contributed by atoms with Crippen molar-refractivity contribution in [2.24, 2.45) is 0 Å². The predicted molar refractivity (Wildman–Crippen MR) is 71.9 cm³/mol. The van der Waals surface area contributed by atoms with E-state index in [4.69, 9.17) is 11.6 Å². The Labute approximate surface area is 108 Å². The van der Waals surface area contributed by atoms with Gasteiger partial charge in [-0.3, -0.25) is 4.79 Å².